The number of rotatable bonds is 2. The number of aliphatic imine (C=N–C) groups is 1. The monoisotopic (exact) mass is 255 g/mol. The molecule has 1 amide bonds. The van der Waals surface area contributed by atoms with Gasteiger partial charge >= 0.3 is 0 Å². The fraction of sp³-hybridized carbons (Fsp3) is 0.833. The molecule has 1 fully saturated rings. The van der Waals surface area contributed by atoms with Gasteiger partial charge in [0.25, 0.3) is 0 Å². The Morgan fingerprint density at radius 2 is 2.29 bits per heavy atom. The Morgan fingerprint density at radius 3 is 2.88 bits per heavy atom. The summed E-state index contributed by atoms with van der Waals surface area (Å²) in [4.78, 5) is 17.7. The van der Waals surface area contributed by atoms with Crippen molar-refractivity contribution in [3.05, 3.63) is 0 Å². The fourth-order valence-electron chi connectivity index (χ4n) is 2.12. The Bertz CT molecular complexity index is 330. The maximum atomic E-state index is 11.4. The number of hydrogen-bond donors (Lipinski definition) is 1. The molecule has 4 nitrogen and oxygen atoms in total. The van der Waals surface area contributed by atoms with Gasteiger partial charge in [0.1, 0.15) is 0 Å². The van der Waals surface area contributed by atoms with Crippen LogP contribution >= 0.6 is 11.8 Å². The van der Waals surface area contributed by atoms with Crippen molar-refractivity contribution in [3.8, 4) is 0 Å². The second kappa shape index (κ2) is 5.29. The maximum Gasteiger partial charge on any atom is 0.222 e. The molecular weight excluding hydrogens is 234 g/mol. The first-order chi connectivity index (χ1) is 8.06. The number of amidine groups is 1. The highest BCUT2D eigenvalue weighted by Crippen LogP contribution is 2.26. The Hall–Kier alpha value is -0.710. The maximum absolute atomic E-state index is 11.4. The molecule has 0 aromatic heterocycles. The molecule has 1 N–H and O–H groups in total. The van der Waals surface area contributed by atoms with Crippen molar-refractivity contribution in [3.63, 3.8) is 0 Å². The third-order valence-corrected chi connectivity index (χ3v) is 4.84. The second-order valence-electron chi connectivity index (χ2n) is 5.20. The van der Waals surface area contributed by atoms with Crippen LogP contribution in [0.2, 0.25) is 0 Å². The molecule has 0 bridgehead atoms. The highest BCUT2D eigenvalue weighted by molar-refractivity contribution is 8.14. The van der Waals surface area contributed by atoms with E-state index in [0.717, 1.165) is 24.7 Å². The van der Waals surface area contributed by atoms with Crippen LogP contribution in [0, 0.1) is 5.92 Å². The van der Waals surface area contributed by atoms with Gasteiger partial charge in [-0.15, -0.1) is 0 Å². The summed E-state index contributed by atoms with van der Waals surface area (Å²) in [6.07, 6.45) is 1.58. The Balaban J connectivity index is 1.81. The zero-order chi connectivity index (χ0) is 12.4. The normalized spacial score (nSPS) is 29.8. The summed E-state index contributed by atoms with van der Waals surface area (Å²) < 4.78 is 0. The number of likely N-dealkylation sites (tertiary alicyclic amines) is 1. The van der Waals surface area contributed by atoms with Gasteiger partial charge in [-0.3, -0.25) is 9.79 Å². The van der Waals surface area contributed by atoms with Gasteiger partial charge in [0, 0.05) is 31.3 Å². The molecule has 0 spiro atoms. The predicted octanol–water partition coefficient (Wildman–Crippen LogP) is 1.32. The topological polar surface area (TPSA) is 44.7 Å². The van der Waals surface area contributed by atoms with E-state index in [0.29, 0.717) is 23.6 Å². The minimum absolute atomic E-state index is 0.254. The molecule has 5 heteroatoms. The minimum atomic E-state index is 0.254. The molecule has 2 unspecified atom stereocenters. The summed E-state index contributed by atoms with van der Waals surface area (Å²) in [6.45, 7) is 6.20. The van der Waals surface area contributed by atoms with Crippen LogP contribution < -0.4 is 5.32 Å². The predicted molar refractivity (Wildman–Crippen MR) is 72.3 cm³/mol. The molecule has 2 rings (SSSR count). The van der Waals surface area contributed by atoms with Crippen LogP contribution in [0.3, 0.4) is 0 Å². The van der Waals surface area contributed by atoms with Crippen LogP contribution in [0.4, 0.5) is 0 Å². The first-order valence-electron chi connectivity index (χ1n) is 6.28. The number of nitrogens with one attached hydrogen (secondary N) is 1. The van der Waals surface area contributed by atoms with Gasteiger partial charge in [-0.05, 0) is 12.3 Å². The third-order valence-electron chi connectivity index (χ3n) is 3.38. The average molecular weight is 255 g/mol. The van der Waals surface area contributed by atoms with Gasteiger partial charge in [0.2, 0.25) is 5.91 Å². The van der Waals surface area contributed by atoms with E-state index in [4.69, 9.17) is 0 Å². The van der Waals surface area contributed by atoms with E-state index in [-0.39, 0.29) is 5.91 Å². The van der Waals surface area contributed by atoms with Crippen molar-refractivity contribution in [2.45, 2.75) is 38.0 Å². The van der Waals surface area contributed by atoms with Crippen molar-refractivity contribution in [1.29, 1.82) is 0 Å². The molecule has 17 heavy (non-hydrogen) atoms. The second-order valence-corrected chi connectivity index (χ2v) is 6.43. The molecule has 0 aromatic rings. The van der Waals surface area contributed by atoms with E-state index in [2.05, 4.69) is 24.2 Å². The lowest BCUT2D eigenvalue weighted by Gasteiger charge is -2.30. The fourth-order valence-corrected chi connectivity index (χ4v) is 3.21. The number of carbonyl (C=O) groups excluding carboxylic acids is 1. The van der Waals surface area contributed by atoms with Gasteiger partial charge < -0.3 is 10.2 Å². The number of carbonyl (C=O) groups is 1. The molecule has 2 aliphatic rings. The van der Waals surface area contributed by atoms with Crippen LogP contribution in [-0.4, -0.2) is 47.4 Å². The smallest absolute Gasteiger partial charge is 0.222 e. The van der Waals surface area contributed by atoms with Gasteiger partial charge in [0.15, 0.2) is 5.17 Å². The molecule has 0 radical (unpaired) electrons. The first-order valence-corrected chi connectivity index (χ1v) is 7.16. The van der Waals surface area contributed by atoms with Crippen molar-refractivity contribution >= 4 is 22.8 Å². The lowest BCUT2D eigenvalue weighted by atomic mass is 10.1. The van der Waals surface area contributed by atoms with Crippen molar-refractivity contribution in [2.24, 2.45) is 10.9 Å². The number of nitrogens with zero attached hydrogens (tertiary/aromatic N) is 2. The summed E-state index contributed by atoms with van der Waals surface area (Å²) >= 11 is 1.85. The lowest BCUT2D eigenvalue weighted by Crippen LogP contribution is -2.47. The van der Waals surface area contributed by atoms with Gasteiger partial charge in [-0.25, -0.2) is 0 Å². The molecule has 0 aliphatic carbocycles. The molecule has 1 saturated heterocycles. The molecule has 2 atom stereocenters. The SMILES string of the molecule is CC(C)C1CN=C(NC2CCC(=O)N(C)C2)S1. The van der Waals surface area contributed by atoms with E-state index in [1.165, 1.54) is 0 Å². The van der Waals surface area contributed by atoms with Crippen LogP contribution in [0.1, 0.15) is 26.7 Å². The molecule has 2 aliphatic heterocycles. The molecule has 0 aromatic carbocycles. The van der Waals surface area contributed by atoms with E-state index in [1.807, 2.05) is 18.8 Å². The van der Waals surface area contributed by atoms with Gasteiger partial charge in [-0.1, -0.05) is 25.6 Å². The number of thioether (sulfide) groups is 1. The van der Waals surface area contributed by atoms with E-state index >= 15 is 0 Å². The van der Waals surface area contributed by atoms with E-state index < -0.39 is 0 Å². The van der Waals surface area contributed by atoms with E-state index in [9.17, 15) is 4.79 Å². The number of amides is 1. The van der Waals surface area contributed by atoms with Crippen LogP contribution in [-0.2, 0) is 4.79 Å². The van der Waals surface area contributed by atoms with Gasteiger partial charge in [0.05, 0.1) is 6.54 Å². The average Bonchev–Trinajstić information content (AvgIpc) is 2.72. The third kappa shape index (κ3) is 3.15. The first kappa shape index (κ1) is 12.7. The number of hydrogen-bond acceptors (Lipinski definition) is 4. The zero-order valence-corrected chi connectivity index (χ0v) is 11.6. The van der Waals surface area contributed by atoms with Crippen LogP contribution in [0.5, 0.6) is 0 Å². The van der Waals surface area contributed by atoms with Crippen molar-refractivity contribution in [1.82, 2.24) is 10.2 Å². The number of likely N-dealkylation sites (N-methyl/N-ethyl adjacent to an activating group) is 1. The van der Waals surface area contributed by atoms with Gasteiger partial charge in [-0.2, -0.15) is 0 Å². The van der Waals surface area contributed by atoms with Crippen molar-refractivity contribution < 1.29 is 4.79 Å². The Kier molecular flexibility index (Phi) is 3.97. The highest BCUT2D eigenvalue weighted by Gasteiger charge is 2.27. The summed E-state index contributed by atoms with van der Waals surface area (Å²) in [5.74, 6) is 0.919. The quantitative estimate of drug-likeness (QED) is 0.809. The standard InChI is InChI=1S/C12H21N3OS/c1-8(2)10-6-13-12(17-10)14-9-4-5-11(16)15(3)7-9/h8-10H,4-7H2,1-3H3,(H,13,14). The molecule has 0 saturated carbocycles. The summed E-state index contributed by atoms with van der Waals surface area (Å²) in [5.41, 5.74) is 0. The lowest BCUT2D eigenvalue weighted by molar-refractivity contribution is -0.132. The largest absolute Gasteiger partial charge is 0.360 e. The zero-order valence-electron chi connectivity index (χ0n) is 10.8. The molecular formula is C12H21N3OS. The van der Waals surface area contributed by atoms with Crippen LogP contribution in [0.25, 0.3) is 0 Å². The summed E-state index contributed by atoms with van der Waals surface area (Å²) in [7, 11) is 1.87. The minimum Gasteiger partial charge on any atom is -0.360 e. The molecule has 2 heterocycles. The van der Waals surface area contributed by atoms with E-state index in [1.54, 1.807) is 4.90 Å². The van der Waals surface area contributed by atoms with Crippen LogP contribution in [0.15, 0.2) is 4.99 Å². The molecule has 96 valence electrons. The summed E-state index contributed by atoms with van der Waals surface area (Å²) in [6, 6.07) is 0.370. The highest BCUT2D eigenvalue weighted by atomic mass is 32.2. The Labute approximate surface area is 107 Å². The Morgan fingerprint density at radius 1 is 1.53 bits per heavy atom. The number of piperidine rings is 1. The summed E-state index contributed by atoms with van der Waals surface area (Å²) in [5, 5.41) is 5.15. The van der Waals surface area contributed by atoms with Crippen molar-refractivity contribution in [2.75, 3.05) is 20.1 Å².